The van der Waals surface area contributed by atoms with E-state index >= 15 is 0 Å². The van der Waals surface area contributed by atoms with Gasteiger partial charge in [0.1, 0.15) is 5.03 Å². The van der Waals surface area contributed by atoms with E-state index in [-0.39, 0.29) is 5.91 Å². The molecule has 1 fully saturated rings. The molecule has 0 saturated heterocycles. The second-order valence-corrected chi connectivity index (χ2v) is 7.31. The van der Waals surface area contributed by atoms with Gasteiger partial charge in [-0.2, -0.15) is 0 Å². The number of methoxy groups -OCH3 is 2. The van der Waals surface area contributed by atoms with Crippen molar-refractivity contribution in [2.75, 3.05) is 20.0 Å². The van der Waals surface area contributed by atoms with Crippen molar-refractivity contribution in [2.45, 2.75) is 43.7 Å². The molecule has 1 aliphatic carbocycles. The molecule has 1 aliphatic rings. The first-order chi connectivity index (χ1) is 12.1. The quantitative estimate of drug-likeness (QED) is 0.796. The smallest absolute Gasteiger partial charge is 0.230 e. The molecule has 0 atom stereocenters. The molecule has 0 bridgehead atoms. The van der Waals surface area contributed by atoms with Crippen LogP contribution >= 0.6 is 11.8 Å². The highest BCUT2D eigenvalue weighted by Crippen LogP contribution is 2.33. The van der Waals surface area contributed by atoms with Gasteiger partial charge >= 0.3 is 0 Å². The van der Waals surface area contributed by atoms with Crippen LogP contribution in [0.5, 0.6) is 11.5 Å². The number of nitrogens with zero attached hydrogens (tertiary/aromatic N) is 1. The Morgan fingerprint density at radius 3 is 2.56 bits per heavy atom. The molecule has 0 radical (unpaired) electrons. The minimum atomic E-state index is 0.0884. The van der Waals surface area contributed by atoms with Crippen LogP contribution in [-0.2, 0) is 4.79 Å². The van der Waals surface area contributed by atoms with E-state index in [4.69, 9.17) is 14.5 Å². The first kappa shape index (κ1) is 17.9. The van der Waals surface area contributed by atoms with E-state index in [1.54, 1.807) is 14.2 Å². The summed E-state index contributed by atoms with van der Waals surface area (Å²) >= 11 is 1.48. The molecule has 1 amide bonds. The Balaban J connectivity index is 1.74. The van der Waals surface area contributed by atoms with E-state index in [0.717, 1.165) is 34.3 Å². The highest BCUT2D eigenvalue weighted by atomic mass is 32.2. The van der Waals surface area contributed by atoms with Gasteiger partial charge in [0.25, 0.3) is 0 Å². The van der Waals surface area contributed by atoms with Gasteiger partial charge in [-0.25, -0.2) is 4.98 Å². The fourth-order valence-corrected chi connectivity index (χ4v) is 4.01. The van der Waals surface area contributed by atoms with Crippen molar-refractivity contribution in [3.05, 3.63) is 23.8 Å². The number of nitrogens with one attached hydrogen (secondary N) is 1. The van der Waals surface area contributed by atoms with Crippen molar-refractivity contribution in [2.24, 2.45) is 0 Å². The van der Waals surface area contributed by atoms with Gasteiger partial charge in [-0.3, -0.25) is 4.79 Å². The number of aryl methyl sites for hydroxylation is 1. The van der Waals surface area contributed by atoms with Crippen LogP contribution in [0.3, 0.4) is 0 Å². The second kappa shape index (κ2) is 7.95. The van der Waals surface area contributed by atoms with Gasteiger partial charge < -0.3 is 14.8 Å². The number of carbonyl (C=O) groups excluding carboxylic acids is 1. The molecule has 1 saturated carbocycles. The molecule has 25 heavy (non-hydrogen) atoms. The molecule has 0 unspecified atom stereocenters. The van der Waals surface area contributed by atoms with Crippen LogP contribution < -0.4 is 14.8 Å². The van der Waals surface area contributed by atoms with Crippen molar-refractivity contribution in [3.63, 3.8) is 0 Å². The van der Waals surface area contributed by atoms with Crippen molar-refractivity contribution >= 4 is 28.6 Å². The summed E-state index contributed by atoms with van der Waals surface area (Å²) in [5, 5.41) is 4.99. The maximum Gasteiger partial charge on any atom is 0.230 e. The van der Waals surface area contributed by atoms with Crippen molar-refractivity contribution < 1.29 is 14.3 Å². The summed E-state index contributed by atoms with van der Waals surface area (Å²) in [4.78, 5) is 16.8. The third-order valence-corrected chi connectivity index (χ3v) is 5.62. The number of rotatable bonds is 6. The Hall–Kier alpha value is -1.95. The third-order valence-electron chi connectivity index (χ3n) is 4.52. The molecule has 2 aromatic rings. The van der Waals surface area contributed by atoms with Gasteiger partial charge in [0.2, 0.25) is 5.91 Å². The lowest BCUT2D eigenvalue weighted by Gasteiger charge is -2.13. The Kier molecular flexibility index (Phi) is 5.68. The summed E-state index contributed by atoms with van der Waals surface area (Å²) in [6.07, 6.45) is 4.64. The van der Waals surface area contributed by atoms with E-state index in [1.807, 2.05) is 19.1 Å². The fraction of sp³-hybridized carbons (Fsp3) is 0.474. The number of amides is 1. The molecule has 6 heteroatoms. The van der Waals surface area contributed by atoms with Crippen LogP contribution in [0.2, 0.25) is 0 Å². The van der Waals surface area contributed by atoms with Crippen LogP contribution in [0.4, 0.5) is 0 Å². The van der Waals surface area contributed by atoms with Gasteiger partial charge in [0, 0.05) is 17.5 Å². The number of hydrogen-bond acceptors (Lipinski definition) is 5. The summed E-state index contributed by atoms with van der Waals surface area (Å²) in [7, 11) is 3.23. The summed E-state index contributed by atoms with van der Waals surface area (Å²) in [6.45, 7) is 2.01. The minimum absolute atomic E-state index is 0.0884. The molecule has 1 heterocycles. The molecule has 134 valence electrons. The van der Waals surface area contributed by atoms with Crippen LogP contribution in [0.25, 0.3) is 10.9 Å². The molecule has 3 rings (SSSR count). The zero-order valence-corrected chi connectivity index (χ0v) is 15.7. The van der Waals surface area contributed by atoms with E-state index in [2.05, 4.69) is 11.4 Å². The topological polar surface area (TPSA) is 60.5 Å². The summed E-state index contributed by atoms with van der Waals surface area (Å²) < 4.78 is 10.7. The van der Waals surface area contributed by atoms with Crippen molar-refractivity contribution in [3.8, 4) is 11.5 Å². The molecule has 1 N–H and O–H groups in total. The second-order valence-electron chi connectivity index (χ2n) is 6.35. The Morgan fingerprint density at radius 2 is 1.88 bits per heavy atom. The maximum atomic E-state index is 12.1. The van der Waals surface area contributed by atoms with Crippen LogP contribution in [-0.4, -0.2) is 36.9 Å². The number of benzene rings is 1. The Morgan fingerprint density at radius 1 is 1.20 bits per heavy atom. The molecule has 0 spiro atoms. The highest BCUT2D eigenvalue weighted by Gasteiger charge is 2.17. The first-order valence-electron chi connectivity index (χ1n) is 8.56. The number of aromatic nitrogens is 1. The number of ether oxygens (including phenoxy) is 2. The van der Waals surface area contributed by atoms with Gasteiger partial charge in [-0.1, -0.05) is 24.6 Å². The minimum Gasteiger partial charge on any atom is -0.493 e. The maximum absolute atomic E-state index is 12.1. The zero-order chi connectivity index (χ0) is 17.8. The lowest BCUT2D eigenvalue weighted by atomic mass is 10.1. The predicted octanol–water partition coefficient (Wildman–Crippen LogP) is 3.71. The van der Waals surface area contributed by atoms with E-state index in [1.165, 1.54) is 24.6 Å². The summed E-state index contributed by atoms with van der Waals surface area (Å²) in [5.74, 6) is 1.82. The van der Waals surface area contributed by atoms with Crippen LogP contribution in [0.1, 0.15) is 31.2 Å². The zero-order valence-electron chi connectivity index (χ0n) is 14.9. The molecular weight excluding hydrogens is 336 g/mol. The lowest BCUT2D eigenvalue weighted by molar-refractivity contribution is -0.119. The van der Waals surface area contributed by atoms with Gasteiger partial charge in [-0.05, 0) is 37.5 Å². The standard InChI is InChI=1S/C19H24N2O3S/c1-12-8-13-9-16(23-2)17(24-3)10-15(13)21-19(12)25-11-18(22)20-14-6-4-5-7-14/h8-10,14H,4-7,11H2,1-3H3,(H,20,22). The lowest BCUT2D eigenvalue weighted by Crippen LogP contribution is -2.33. The summed E-state index contributed by atoms with van der Waals surface area (Å²) in [5.41, 5.74) is 1.89. The van der Waals surface area contributed by atoms with Gasteiger partial charge in [0.05, 0.1) is 25.5 Å². The van der Waals surface area contributed by atoms with Gasteiger partial charge in [0.15, 0.2) is 11.5 Å². The SMILES string of the molecule is COc1cc2cc(C)c(SCC(=O)NC3CCCC3)nc2cc1OC. The van der Waals surface area contributed by atoms with Crippen LogP contribution in [0.15, 0.2) is 23.2 Å². The molecule has 5 nitrogen and oxygen atoms in total. The molecular formula is C19H24N2O3S. The van der Waals surface area contributed by atoms with E-state index in [0.29, 0.717) is 23.3 Å². The van der Waals surface area contributed by atoms with E-state index in [9.17, 15) is 4.79 Å². The average Bonchev–Trinajstić information content (AvgIpc) is 3.11. The molecule has 0 aliphatic heterocycles. The predicted molar refractivity (Wildman–Crippen MR) is 101 cm³/mol. The van der Waals surface area contributed by atoms with Crippen molar-refractivity contribution in [1.29, 1.82) is 0 Å². The number of hydrogen-bond donors (Lipinski definition) is 1. The molecule has 1 aromatic heterocycles. The monoisotopic (exact) mass is 360 g/mol. The normalized spacial score (nSPS) is 14.7. The third kappa shape index (κ3) is 4.18. The van der Waals surface area contributed by atoms with Crippen LogP contribution in [0, 0.1) is 6.92 Å². The number of pyridine rings is 1. The largest absolute Gasteiger partial charge is 0.493 e. The number of carbonyl (C=O) groups is 1. The van der Waals surface area contributed by atoms with Gasteiger partial charge in [-0.15, -0.1) is 0 Å². The van der Waals surface area contributed by atoms with Crippen molar-refractivity contribution in [1.82, 2.24) is 10.3 Å². The fourth-order valence-electron chi connectivity index (χ4n) is 3.21. The first-order valence-corrected chi connectivity index (χ1v) is 9.55. The number of thioether (sulfide) groups is 1. The summed E-state index contributed by atoms with van der Waals surface area (Å²) in [6, 6.07) is 6.23. The Bertz CT molecular complexity index is 773. The number of fused-ring (bicyclic) bond motifs is 1. The molecule has 1 aromatic carbocycles. The Labute approximate surface area is 152 Å². The highest BCUT2D eigenvalue weighted by molar-refractivity contribution is 7.99. The average molecular weight is 360 g/mol. The van der Waals surface area contributed by atoms with E-state index < -0.39 is 0 Å².